The fourth-order valence-corrected chi connectivity index (χ4v) is 1.61. The maximum Gasteiger partial charge on any atom is 0.323 e. The highest BCUT2D eigenvalue weighted by molar-refractivity contribution is 7.80. The van der Waals surface area contributed by atoms with E-state index >= 15 is 0 Å². The Morgan fingerprint density at radius 2 is 1.71 bits per heavy atom. The average Bonchev–Trinajstić information content (AvgIpc) is 2.52. The van der Waals surface area contributed by atoms with Crippen LogP contribution in [0.3, 0.4) is 0 Å². The molecule has 2 aromatic rings. The highest BCUT2D eigenvalue weighted by Gasteiger charge is 2.07. The molecular formula is C14H16ClN3O5S. The van der Waals surface area contributed by atoms with E-state index in [-0.39, 0.29) is 6.03 Å². The Labute approximate surface area is 145 Å². The van der Waals surface area contributed by atoms with E-state index in [4.69, 9.17) is 11.6 Å². The minimum absolute atomic E-state index is 0.300. The number of anilines is 2. The molecule has 1 aromatic carbocycles. The van der Waals surface area contributed by atoms with Gasteiger partial charge in [0, 0.05) is 17.8 Å². The number of pyridine rings is 1. The predicted molar refractivity (Wildman–Crippen MR) is 88.4 cm³/mol. The number of amides is 2. The molecule has 24 heavy (non-hydrogen) atoms. The molecule has 0 saturated heterocycles. The number of nitrogens with zero attached hydrogens (tertiary/aromatic N) is 1. The number of carbonyl (C=O) groups is 1. The van der Waals surface area contributed by atoms with Crippen LogP contribution in [-0.4, -0.2) is 26.1 Å². The second kappa shape index (κ2) is 9.18. The van der Waals surface area contributed by atoms with Crippen molar-refractivity contribution in [3.05, 3.63) is 53.8 Å². The molecule has 2 amide bonds. The van der Waals surface area contributed by atoms with Gasteiger partial charge in [-0.2, -0.15) is 4.57 Å². The quantitative estimate of drug-likeness (QED) is 0.369. The summed E-state index contributed by atoms with van der Waals surface area (Å²) >= 11 is 5.95. The van der Waals surface area contributed by atoms with Gasteiger partial charge in [-0.3, -0.25) is 4.18 Å². The van der Waals surface area contributed by atoms with Crippen molar-refractivity contribution in [2.75, 3.05) is 17.7 Å². The van der Waals surface area contributed by atoms with Crippen LogP contribution in [0.25, 0.3) is 0 Å². The molecule has 0 spiro atoms. The van der Waals surface area contributed by atoms with Crippen molar-refractivity contribution in [2.24, 2.45) is 7.05 Å². The monoisotopic (exact) mass is 373 g/mol. The van der Waals surface area contributed by atoms with Crippen molar-refractivity contribution < 1.29 is 26.5 Å². The Bertz CT molecular complexity index is 784. The van der Waals surface area contributed by atoms with Gasteiger partial charge in [0.2, 0.25) is 10.4 Å². The van der Waals surface area contributed by atoms with Crippen molar-refractivity contribution in [1.82, 2.24) is 0 Å². The van der Waals surface area contributed by atoms with Gasteiger partial charge in [0.15, 0.2) is 6.20 Å². The van der Waals surface area contributed by atoms with Crippen LogP contribution in [0, 0.1) is 0 Å². The molecule has 2 N–H and O–H groups in total. The predicted octanol–water partition coefficient (Wildman–Crippen LogP) is 1.90. The molecule has 1 aromatic heterocycles. The van der Waals surface area contributed by atoms with Gasteiger partial charge in [-0.15, -0.1) is 0 Å². The molecule has 130 valence electrons. The van der Waals surface area contributed by atoms with Crippen molar-refractivity contribution in [2.45, 2.75) is 0 Å². The molecule has 1 heterocycles. The van der Waals surface area contributed by atoms with E-state index in [1.165, 1.54) is 0 Å². The summed E-state index contributed by atoms with van der Waals surface area (Å²) in [7, 11) is -1.77. The first kappa shape index (κ1) is 19.8. The second-order valence-corrected chi connectivity index (χ2v) is 5.91. The fourth-order valence-electron chi connectivity index (χ4n) is 1.43. The maximum absolute atomic E-state index is 11.7. The zero-order valence-electron chi connectivity index (χ0n) is 12.9. The number of carbonyl (C=O) groups excluding carboxylic acids is 1. The highest BCUT2D eigenvalue weighted by atomic mass is 35.5. The van der Waals surface area contributed by atoms with E-state index in [0.717, 1.165) is 12.8 Å². The van der Waals surface area contributed by atoms with Crippen LogP contribution in [0.4, 0.5) is 16.2 Å². The lowest BCUT2D eigenvalue weighted by molar-refractivity contribution is -0.669. The topological polar surface area (TPSA) is 111 Å². The van der Waals surface area contributed by atoms with Gasteiger partial charge in [-0.25, -0.2) is 13.2 Å². The first-order chi connectivity index (χ1) is 11.2. The van der Waals surface area contributed by atoms with Gasteiger partial charge in [0.25, 0.3) is 5.15 Å². The molecule has 0 radical (unpaired) electrons. The van der Waals surface area contributed by atoms with Gasteiger partial charge in [0.05, 0.1) is 12.8 Å². The SMILES string of the molecule is COS(=O)(=O)[O-].C[n+]1ccc(NC(=O)Nc2ccccc2)cc1Cl. The number of urea groups is 1. The van der Waals surface area contributed by atoms with Crippen LogP contribution < -0.4 is 15.2 Å². The molecule has 0 aliphatic carbocycles. The summed E-state index contributed by atoms with van der Waals surface area (Å²) in [6.07, 6.45) is 1.78. The zero-order valence-corrected chi connectivity index (χ0v) is 14.5. The third-order valence-electron chi connectivity index (χ3n) is 2.58. The summed E-state index contributed by atoms with van der Waals surface area (Å²) in [5, 5.41) is 5.98. The van der Waals surface area contributed by atoms with Gasteiger partial charge >= 0.3 is 6.03 Å². The number of halogens is 1. The minimum Gasteiger partial charge on any atom is -0.726 e. The number of aryl methyl sites for hydroxylation is 1. The molecule has 0 aliphatic rings. The number of hydrogen-bond acceptors (Lipinski definition) is 5. The average molecular weight is 374 g/mol. The molecule has 8 nitrogen and oxygen atoms in total. The van der Waals surface area contributed by atoms with E-state index in [1.807, 2.05) is 37.4 Å². The lowest BCUT2D eigenvalue weighted by atomic mass is 10.3. The Morgan fingerprint density at radius 1 is 1.17 bits per heavy atom. The first-order valence-corrected chi connectivity index (χ1v) is 8.22. The van der Waals surface area contributed by atoms with E-state index in [9.17, 15) is 17.8 Å². The Kier molecular flexibility index (Phi) is 7.59. The van der Waals surface area contributed by atoms with Gasteiger partial charge in [-0.1, -0.05) is 18.2 Å². The van der Waals surface area contributed by atoms with Crippen molar-refractivity contribution in [3.63, 3.8) is 0 Å². The number of benzene rings is 1. The van der Waals surface area contributed by atoms with Crippen LogP contribution in [0.15, 0.2) is 48.7 Å². The van der Waals surface area contributed by atoms with Crippen LogP contribution in [0.2, 0.25) is 5.15 Å². The van der Waals surface area contributed by atoms with Crippen LogP contribution in [-0.2, 0) is 21.6 Å². The van der Waals surface area contributed by atoms with Crippen molar-refractivity contribution in [1.29, 1.82) is 0 Å². The Balaban J connectivity index is 0.000000413. The van der Waals surface area contributed by atoms with Gasteiger partial charge < -0.3 is 15.2 Å². The summed E-state index contributed by atoms with van der Waals surface area (Å²) in [6.45, 7) is 0. The largest absolute Gasteiger partial charge is 0.726 e. The summed E-state index contributed by atoms with van der Waals surface area (Å²) in [6, 6.07) is 12.4. The molecule has 2 rings (SSSR count). The molecule has 0 fully saturated rings. The van der Waals surface area contributed by atoms with Crippen LogP contribution in [0.1, 0.15) is 0 Å². The summed E-state index contributed by atoms with van der Waals surface area (Å²) in [4.78, 5) is 11.7. The third-order valence-corrected chi connectivity index (χ3v) is 3.37. The lowest BCUT2D eigenvalue weighted by Gasteiger charge is -2.06. The first-order valence-electron chi connectivity index (χ1n) is 6.51. The minimum atomic E-state index is -4.41. The van der Waals surface area contributed by atoms with Crippen molar-refractivity contribution >= 4 is 39.4 Å². The molecule has 0 atom stereocenters. The molecular weight excluding hydrogens is 358 g/mol. The second-order valence-electron chi connectivity index (χ2n) is 4.37. The fraction of sp³-hybridized carbons (Fsp3) is 0.143. The lowest BCUT2D eigenvalue weighted by Crippen LogP contribution is -2.29. The Hall–Kier alpha value is -2.20. The summed E-state index contributed by atoms with van der Waals surface area (Å²) < 4.78 is 32.8. The maximum atomic E-state index is 11.7. The number of rotatable bonds is 3. The molecule has 10 heteroatoms. The normalized spacial score (nSPS) is 10.3. The zero-order chi connectivity index (χ0) is 18.2. The van der Waals surface area contributed by atoms with E-state index in [1.54, 1.807) is 22.9 Å². The highest BCUT2D eigenvalue weighted by Crippen LogP contribution is 2.11. The smallest absolute Gasteiger partial charge is 0.323 e. The molecule has 0 unspecified atom stereocenters. The Morgan fingerprint density at radius 3 is 2.21 bits per heavy atom. The molecule has 0 aliphatic heterocycles. The van der Waals surface area contributed by atoms with E-state index < -0.39 is 10.4 Å². The summed E-state index contributed by atoms with van der Waals surface area (Å²) in [5.74, 6) is 0. The van der Waals surface area contributed by atoms with E-state index in [0.29, 0.717) is 10.8 Å². The van der Waals surface area contributed by atoms with Gasteiger partial charge in [0.1, 0.15) is 7.05 Å². The van der Waals surface area contributed by atoms with Gasteiger partial charge in [-0.05, 0) is 23.7 Å². The summed E-state index contributed by atoms with van der Waals surface area (Å²) in [5.41, 5.74) is 1.38. The number of para-hydroxylation sites is 1. The number of aromatic nitrogens is 1. The third kappa shape index (κ3) is 7.88. The van der Waals surface area contributed by atoms with Crippen LogP contribution in [0.5, 0.6) is 0 Å². The number of nitrogens with one attached hydrogen (secondary N) is 2. The number of hydrogen-bond donors (Lipinski definition) is 2. The molecule has 0 saturated carbocycles. The standard InChI is InChI=1S/C13H12ClN3O.CH4O4S/c1-17-8-7-11(9-12(17)14)16-13(18)15-10-5-3-2-4-6-10;1-5-6(2,3)4/h2-9H,1H3,(H,15,18);1H3,(H,2,3,4). The van der Waals surface area contributed by atoms with Crippen molar-refractivity contribution in [3.8, 4) is 0 Å². The van der Waals surface area contributed by atoms with Crippen LogP contribution >= 0.6 is 11.6 Å². The molecule has 0 bridgehead atoms. The van der Waals surface area contributed by atoms with E-state index in [2.05, 4.69) is 14.8 Å².